The van der Waals surface area contributed by atoms with Crippen molar-refractivity contribution >= 4 is 23.1 Å². The maximum absolute atomic E-state index is 14.5. The van der Waals surface area contributed by atoms with Gasteiger partial charge in [-0.1, -0.05) is 34.6 Å². The number of hydrogen-bond acceptors (Lipinski definition) is 5. The lowest BCUT2D eigenvalue weighted by molar-refractivity contribution is 0.444. The van der Waals surface area contributed by atoms with E-state index in [4.69, 9.17) is 4.74 Å². The molecule has 2 rings (SSSR count). The van der Waals surface area contributed by atoms with Crippen molar-refractivity contribution in [1.82, 2.24) is 9.69 Å². The molecule has 0 bridgehead atoms. The maximum Gasteiger partial charge on any atom is 0.218 e. The molecule has 0 fully saturated rings. The zero-order valence-corrected chi connectivity index (χ0v) is 17.0. The zero-order valence-electron chi connectivity index (χ0n) is 16.1. The molecule has 0 saturated carbocycles. The molecule has 2 aromatic rings. The summed E-state index contributed by atoms with van der Waals surface area (Å²) in [5.74, 6) is -1.25. The largest absolute Gasteiger partial charge is 0.441 e. The van der Waals surface area contributed by atoms with E-state index in [0.29, 0.717) is 11.5 Å². The van der Waals surface area contributed by atoms with Crippen molar-refractivity contribution in [3.8, 4) is 16.9 Å². The Morgan fingerprint density at radius 2 is 1.96 bits per heavy atom. The minimum absolute atomic E-state index is 0.0274. The average Bonchev–Trinajstić information content (AvgIpc) is 2.99. The van der Waals surface area contributed by atoms with E-state index in [9.17, 15) is 14.0 Å². The fourth-order valence-electron chi connectivity index (χ4n) is 2.34. The summed E-state index contributed by atoms with van der Waals surface area (Å²) in [6.45, 7) is 9.51. The SMILES string of the molecule is CNC(=Nc1cc(F)c(Oc2snc(C(C)(C)C)c2C#N)cc1F)C(C)C. The Hall–Kier alpha value is -2.53. The van der Waals surface area contributed by atoms with Gasteiger partial charge in [0.25, 0.3) is 0 Å². The second-order valence-electron chi connectivity index (χ2n) is 7.29. The third kappa shape index (κ3) is 4.61. The molecule has 0 aliphatic heterocycles. The van der Waals surface area contributed by atoms with Crippen LogP contribution in [0.3, 0.4) is 0 Å². The molecule has 0 amide bonds. The van der Waals surface area contributed by atoms with Crippen LogP contribution in [0.1, 0.15) is 45.9 Å². The second-order valence-corrected chi connectivity index (χ2v) is 8.03. The van der Waals surface area contributed by atoms with Gasteiger partial charge in [-0.2, -0.15) is 9.64 Å². The maximum atomic E-state index is 14.5. The van der Waals surface area contributed by atoms with Gasteiger partial charge in [-0.05, 0) is 0 Å². The summed E-state index contributed by atoms with van der Waals surface area (Å²) < 4.78 is 38.6. The highest BCUT2D eigenvalue weighted by Crippen LogP contribution is 2.38. The monoisotopic (exact) mass is 392 g/mol. The molecule has 0 aliphatic rings. The first-order chi connectivity index (χ1) is 12.6. The Morgan fingerprint density at radius 3 is 2.48 bits per heavy atom. The Balaban J connectivity index is 2.42. The van der Waals surface area contributed by atoms with Gasteiger partial charge in [0.15, 0.2) is 17.4 Å². The van der Waals surface area contributed by atoms with Crippen molar-refractivity contribution in [3.63, 3.8) is 0 Å². The molecule has 0 aliphatic carbocycles. The molecule has 144 valence electrons. The van der Waals surface area contributed by atoms with Crippen LogP contribution in [-0.2, 0) is 5.41 Å². The number of nitrogens with zero attached hydrogens (tertiary/aromatic N) is 3. The second kappa shape index (κ2) is 8.01. The number of rotatable bonds is 4. The molecule has 8 heteroatoms. The van der Waals surface area contributed by atoms with Crippen molar-refractivity contribution in [3.05, 3.63) is 35.0 Å². The number of benzene rings is 1. The van der Waals surface area contributed by atoms with Crippen molar-refractivity contribution in [2.45, 2.75) is 40.0 Å². The highest BCUT2D eigenvalue weighted by molar-refractivity contribution is 7.08. The summed E-state index contributed by atoms with van der Waals surface area (Å²) in [5, 5.41) is 12.4. The summed E-state index contributed by atoms with van der Waals surface area (Å²) in [6, 6.07) is 3.94. The van der Waals surface area contributed by atoms with E-state index in [-0.39, 0.29) is 33.4 Å². The number of nitriles is 1. The van der Waals surface area contributed by atoms with Crippen molar-refractivity contribution in [2.24, 2.45) is 10.9 Å². The van der Waals surface area contributed by atoms with Crippen LogP contribution < -0.4 is 10.1 Å². The minimum atomic E-state index is -0.774. The Kier molecular flexibility index (Phi) is 6.16. The minimum Gasteiger partial charge on any atom is -0.441 e. The third-order valence-corrected chi connectivity index (χ3v) is 4.46. The van der Waals surface area contributed by atoms with E-state index in [0.717, 1.165) is 23.7 Å². The smallest absolute Gasteiger partial charge is 0.218 e. The lowest BCUT2D eigenvalue weighted by Crippen LogP contribution is -2.23. The first kappa shape index (κ1) is 20.8. The van der Waals surface area contributed by atoms with E-state index in [2.05, 4.69) is 14.7 Å². The van der Waals surface area contributed by atoms with Gasteiger partial charge >= 0.3 is 0 Å². The third-order valence-electron chi connectivity index (χ3n) is 3.73. The number of amidine groups is 1. The van der Waals surface area contributed by atoms with Gasteiger partial charge in [0.1, 0.15) is 23.2 Å². The topological polar surface area (TPSA) is 70.3 Å². The van der Waals surface area contributed by atoms with Gasteiger partial charge in [-0.15, -0.1) is 0 Å². The number of aromatic nitrogens is 1. The van der Waals surface area contributed by atoms with Crippen molar-refractivity contribution < 1.29 is 13.5 Å². The van der Waals surface area contributed by atoms with Gasteiger partial charge in [0.05, 0.1) is 5.69 Å². The number of halogens is 2. The van der Waals surface area contributed by atoms with E-state index in [1.54, 1.807) is 7.05 Å². The molecule has 5 nitrogen and oxygen atoms in total. The van der Waals surface area contributed by atoms with Gasteiger partial charge in [-0.25, -0.2) is 13.8 Å². The van der Waals surface area contributed by atoms with Crippen LogP contribution in [0.15, 0.2) is 17.1 Å². The fourth-order valence-corrected chi connectivity index (χ4v) is 3.24. The van der Waals surface area contributed by atoms with E-state index < -0.39 is 11.6 Å². The van der Waals surface area contributed by atoms with Crippen LogP contribution in [0.5, 0.6) is 10.8 Å². The molecular formula is C19H22F2N4OS. The summed E-state index contributed by atoms with van der Waals surface area (Å²) in [4.78, 5) is 4.13. The van der Waals surface area contributed by atoms with Gasteiger partial charge in [-0.3, -0.25) is 0 Å². The molecule has 0 atom stereocenters. The molecule has 0 saturated heterocycles. The molecular weight excluding hydrogens is 370 g/mol. The summed E-state index contributed by atoms with van der Waals surface area (Å²) in [6.07, 6.45) is 0. The van der Waals surface area contributed by atoms with Gasteiger partial charge in [0.2, 0.25) is 5.06 Å². The van der Waals surface area contributed by atoms with Gasteiger partial charge < -0.3 is 10.1 Å². The van der Waals surface area contributed by atoms with Crippen LogP contribution in [0.2, 0.25) is 0 Å². The fraction of sp³-hybridized carbons (Fsp3) is 0.421. The number of aliphatic imine (C=N–C) groups is 1. The van der Waals surface area contributed by atoms with Crippen LogP contribution in [0, 0.1) is 28.9 Å². The predicted molar refractivity (Wildman–Crippen MR) is 103 cm³/mol. The molecule has 0 spiro atoms. The summed E-state index contributed by atoms with van der Waals surface area (Å²) in [7, 11) is 1.67. The Morgan fingerprint density at radius 1 is 1.30 bits per heavy atom. The lowest BCUT2D eigenvalue weighted by Gasteiger charge is -2.15. The highest BCUT2D eigenvalue weighted by Gasteiger charge is 2.26. The molecule has 1 N–H and O–H groups in total. The van der Waals surface area contributed by atoms with Crippen LogP contribution in [-0.4, -0.2) is 17.3 Å². The van der Waals surface area contributed by atoms with Crippen LogP contribution in [0.4, 0.5) is 14.5 Å². The standard InChI is InChI=1S/C19H22F2N4OS/c1-10(2)17(23-6)24-14-7-13(21)15(8-12(14)20)26-18-11(9-22)16(25-27-18)19(3,4)5/h7-8,10H,1-6H3,(H,23,24). The number of hydrogen-bond donors (Lipinski definition) is 1. The summed E-state index contributed by atoms with van der Waals surface area (Å²) >= 11 is 0.938. The number of nitrogens with one attached hydrogen (secondary N) is 1. The first-order valence-corrected chi connectivity index (χ1v) is 9.19. The van der Waals surface area contributed by atoms with Crippen molar-refractivity contribution in [1.29, 1.82) is 5.26 Å². The van der Waals surface area contributed by atoms with E-state index in [1.165, 1.54) is 0 Å². The summed E-state index contributed by atoms with van der Waals surface area (Å²) in [5.41, 5.74) is 0.291. The highest BCUT2D eigenvalue weighted by atomic mass is 32.1. The van der Waals surface area contributed by atoms with E-state index >= 15 is 0 Å². The average molecular weight is 392 g/mol. The predicted octanol–water partition coefficient (Wildman–Crippen LogP) is 5.29. The van der Waals surface area contributed by atoms with Crippen LogP contribution in [0.25, 0.3) is 0 Å². The molecule has 27 heavy (non-hydrogen) atoms. The molecule has 1 heterocycles. The zero-order chi connectivity index (χ0) is 20.4. The molecule has 1 aromatic heterocycles. The molecule has 0 unspecified atom stereocenters. The first-order valence-electron chi connectivity index (χ1n) is 8.42. The van der Waals surface area contributed by atoms with Crippen molar-refractivity contribution in [2.75, 3.05) is 7.05 Å². The number of ether oxygens (including phenoxy) is 1. The molecule has 0 radical (unpaired) electrons. The van der Waals surface area contributed by atoms with E-state index in [1.807, 2.05) is 40.7 Å². The Bertz CT molecular complexity index is 908. The quantitative estimate of drug-likeness (QED) is 0.567. The molecule has 1 aromatic carbocycles. The lowest BCUT2D eigenvalue weighted by atomic mass is 9.90. The van der Waals surface area contributed by atoms with Crippen LogP contribution >= 0.6 is 11.5 Å². The normalized spacial score (nSPS) is 12.2. The Labute approximate surface area is 161 Å². The van der Waals surface area contributed by atoms with Gasteiger partial charge in [0, 0.05) is 42.0 Å².